The summed E-state index contributed by atoms with van der Waals surface area (Å²) in [6, 6.07) is 2.13. The maximum atomic E-state index is 13.0. The summed E-state index contributed by atoms with van der Waals surface area (Å²) in [6.45, 7) is 8.26. The first-order chi connectivity index (χ1) is 13.1. The molecule has 0 spiro atoms. The topological polar surface area (TPSA) is 97.0 Å². The molecule has 1 saturated heterocycles. The van der Waals surface area contributed by atoms with E-state index in [0.29, 0.717) is 29.0 Å². The number of alkyl carbamates (subject to hydrolysis) is 1. The second kappa shape index (κ2) is 9.58. The summed E-state index contributed by atoms with van der Waals surface area (Å²) in [4.78, 5) is 39.5. The minimum absolute atomic E-state index is 0.0729. The highest BCUT2D eigenvalue weighted by molar-refractivity contribution is 7.17. The molecule has 10 heteroatoms. The molecule has 2 rings (SSSR count). The van der Waals surface area contributed by atoms with Crippen molar-refractivity contribution in [1.82, 2.24) is 15.5 Å². The van der Waals surface area contributed by atoms with Gasteiger partial charge in [0.25, 0.3) is 5.91 Å². The molecule has 1 aliphatic rings. The summed E-state index contributed by atoms with van der Waals surface area (Å²) in [5.74, 6) is -0.665. The maximum Gasteiger partial charge on any atom is 0.408 e. The lowest BCUT2D eigenvalue weighted by molar-refractivity contribution is -0.141. The van der Waals surface area contributed by atoms with E-state index in [0.717, 1.165) is 11.3 Å². The van der Waals surface area contributed by atoms with Gasteiger partial charge in [-0.2, -0.15) is 0 Å². The summed E-state index contributed by atoms with van der Waals surface area (Å²) in [6.07, 6.45) is -0.722. The van der Waals surface area contributed by atoms with Crippen LogP contribution in [0.1, 0.15) is 37.4 Å². The van der Waals surface area contributed by atoms with E-state index in [1.165, 1.54) is 0 Å². The van der Waals surface area contributed by atoms with Gasteiger partial charge in [-0.3, -0.25) is 9.59 Å². The molecule has 1 fully saturated rings. The number of rotatable bonds is 5. The maximum absolute atomic E-state index is 13.0. The van der Waals surface area contributed by atoms with Crippen LogP contribution in [0.2, 0.25) is 4.34 Å². The summed E-state index contributed by atoms with van der Waals surface area (Å²) in [5, 5.41) is 5.25. The van der Waals surface area contributed by atoms with Gasteiger partial charge in [0.1, 0.15) is 11.6 Å². The van der Waals surface area contributed by atoms with Gasteiger partial charge in [-0.1, -0.05) is 11.6 Å². The van der Waals surface area contributed by atoms with Crippen molar-refractivity contribution < 1.29 is 23.9 Å². The van der Waals surface area contributed by atoms with Crippen molar-refractivity contribution in [2.75, 3.05) is 26.3 Å². The molecule has 2 atom stereocenters. The largest absolute Gasteiger partial charge is 0.444 e. The quantitative estimate of drug-likeness (QED) is 0.745. The van der Waals surface area contributed by atoms with Crippen LogP contribution in [0.4, 0.5) is 4.79 Å². The van der Waals surface area contributed by atoms with Crippen molar-refractivity contribution in [1.29, 1.82) is 0 Å². The molecule has 1 aromatic rings. The summed E-state index contributed by atoms with van der Waals surface area (Å²) in [7, 11) is 0. The standard InChI is InChI=1S/C18H26ClN3O5S/c1-11-10-26-8-7-22(11)16(24)12(21-17(25)27-18(2,3)4)9-20-15(23)13-5-6-14(19)28-13/h5-6,11-12H,7-10H2,1-4H3,(H,20,23)(H,21,25). The van der Waals surface area contributed by atoms with Gasteiger partial charge < -0.3 is 25.0 Å². The van der Waals surface area contributed by atoms with E-state index in [1.807, 2.05) is 6.92 Å². The van der Waals surface area contributed by atoms with Crippen LogP contribution >= 0.6 is 22.9 Å². The van der Waals surface area contributed by atoms with Crippen LogP contribution in [0.5, 0.6) is 0 Å². The van der Waals surface area contributed by atoms with Gasteiger partial charge >= 0.3 is 6.09 Å². The third kappa shape index (κ3) is 6.65. The van der Waals surface area contributed by atoms with Crippen LogP contribution in [0.15, 0.2) is 12.1 Å². The highest BCUT2D eigenvalue weighted by Crippen LogP contribution is 2.21. The fourth-order valence-corrected chi connectivity index (χ4v) is 3.58. The van der Waals surface area contributed by atoms with Gasteiger partial charge in [0, 0.05) is 13.1 Å². The van der Waals surface area contributed by atoms with Crippen molar-refractivity contribution in [3.05, 3.63) is 21.3 Å². The predicted octanol–water partition coefficient (Wildman–Crippen LogP) is 2.27. The number of hydrogen-bond donors (Lipinski definition) is 2. The Kier molecular flexibility index (Phi) is 7.68. The molecule has 1 aromatic heterocycles. The van der Waals surface area contributed by atoms with E-state index in [2.05, 4.69) is 10.6 Å². The van der Waals surface area contributed by atoms with Crippen molar-refractivity contribution in [3.63, 3.8) is 0 Å². The molecular weight excluding hydrogens is 406 g/mol. The van der Waals surface area contributed by atoms with Gasteiger partial charge in [0.05, 0.1) is 28.5 Å². The minimum Gasteiger partial charge on any atom is -0.444 e. The molecule has 2 heterocycles. The Morgan fingerprint density at radius 2 is 2.11 bits per heavy atom. The minimum atomic E-state index is -0.963. The number of thiophene rings is 1. The van der Waals surface area contributed by atoms with Crippen molar-refractivity contribution in [2.24, 2.45) is 0 Å². The molecule has 156 valence electrons. The third-order valence-electron chi connectivity index (χ3n) is 3.90. The van der Waals surface area contributed by atoms with Gasteiger partial charge in [-0.05, 0) is 39.8 Å². The Labute approximate surface area is 173 Å². The SMILES string of the molecule is CC1COCCN1C(=O)C(CNC(=O)c1ccc(Cl)s1)NC(=O)OC(C)(C)C. The number of halogens is 1. The van der Waals surface area contributed by atoms with Crippen molar-refractivity contribution >= 4 is 40.8 Å². The lowest BCUT2D eigenvalue weighted by Gasteiger charge is -2.36. The second-order valence-electron chi connectivity index (χ2n) is 7.47. The zero-order valence-electron chi connectivity index (χ0n) is 16.4. The van der Waals surface area contributed by atoms with Gasteiger partial charge in [-0.25, -0.2) is 4.79 Å². The van der Waals surface area contributed by atoms with Crippen molar-refractivity contribution in [2.45, 2.75) is 45.4 Å². The van der Waals surface area contributed by atoms with Crippen LogP contribution < -0.4 is 10.6 Å². The molecular formula is C18H26ClN3O5S. The zero-order chi connectivity index (χ0) is 20.9. The predicted molar refractivity (Wildman–Crippen MR) is 107 cm³/mol. The van der Waals surface area contributed by atoms with E-state index >= 15 is 0 Å². The average molecular weight is 432 g/mol. The lowest BCUT2D eigenvalue weighted by atomic mass is 10.1. The summed E-state index contributed by atoms with van der Waals surface area (Å²) in [5.41, 5.74) is -0.707. The van der Waals surface area contributed by atoms with E-state index in [9.17, 15) is 14.4 Å². The first-order valence-corrected chi connectivity index (χ1v) is 10.2. The molecule has 8 nitrogen and oxygen atoms in total. The molecule has 2 unspecified atom stereocenters. The number of carbonyl (C=O) groups excluding carboxylic acids is 3. The Bertz CT molecular complexity index is 718. The molecule has 3 amide bonds. The number of hydrogen-bond acceptors (Lipinski definition) is 6. The third-order valence-corrected chi connectivity index (χ3v) is 5.13. The number of morpholine rings is 1. The van der Waals surface area contributed by atoms with Gasteiger partial charge in [-0.15, -0.1) is 11.3 Å². The molecule has 0 aliphatic carbocycles. The number of ether oxygens (including phenoxy) is 2. The van der Waals surface area contributed by atoms with Crippen LogP contribution in [0.3, 0.4) is 0 Å². The van der Waals surface area contributed by atoms with Crippen LogP contribution in [0, 0.1) is 0 Å². The van der Waals surface area contributed by atoms with Crippen LogP contribution in [-0.2, 0) is 14.3 Å². The van der Waals surface area contributed by atoms with Gasteiger partial charge in [0.2, 0.25) is 5.91 Å². The number of nitrogens with zero attached hydrogens (tertiary/aromatic N) is 1. The highest BCUT2D eigenvalue weighted by Gasteiger charge is 2.32. The van der Waals surface area contributed by atoms with E-state index in [4.69, 9.17) is 21.1 Å². The fraction of sp³-hybridized carbons (Fsp3) is 0.611. The van der Waals surface area contributed by atoms with E-state index in [-0.39, 0.29) is 24.4 Å². The fourth-order valence-electron chi connectivity index (χ4n) is 2.62. The molecule has 0 aromatic carbocycles. The van der Waals surface area contributed by atoms with Crippen LogP contribution in [0.25, 0.3) is 0 Å². The van der Waals surface area contributed by atoms with Gasteiger partial charge in [0.15, 0.2) is 0 Å². The molecule has 28 heavy (non-hydrogen) atoms. The zero-order valence-corrected chi connectivity index (χ0v) is 18.0. The van der Waals surface area contributed by atoms with Crippen LogP contribution in [-0.4, -0.2) is 66.8 Å². The number of carbonyl (C=O) groups is 3. The Morgan fingerprint density at radius 3 is 2.68 bits per heavy atom. The monoisotopic (exact) mass is 431 g/mol. The summed E-state index contributed by atoms with van der Waals surface area (Å²) < 4.78 is 11.1. The molecule has 0 bridgehead atoms. The van der Waals surface area contributed by atoms with Crippen molar-refractivity contribution in [3.8, 4) is 0 Å². The normalized spacial score (nSPS) is 18.3. The second-order valence-corrected chi connectivity index (χ2v) is 9.18. The number of nitrogens with one attached hydrogen (secondary N) is 2. The Morgan fingerprint density at radius 1 is 1.39 bits per heavy atom. The first kappa shape index (κ1) is 22.4. The highest BCUT2D eigenvalue weighted by atomic mass is 35.5. The summed E-state index contributed by atoms with van der Waals surface area (Å²) >= 11 is 6.99. The molecule has 1 aliphatic heterocycles. The lowest BCUT2D eigenvalue weighted by Crippen LogP contribution is -2.58. The molecule has 0 saturated carbocycles. The van der Waals surface area contributed by atoms with E-state index in [1.54, 1.807) is 37.8 Å². The Balaban J connectivity index is 2.07. The average Bonchev–Trinajstić information content (AvgIpc) is 3.03. The Hall–Kier alpha value is -1.84. The smallest absolute Gasteiger partial charge is 0.408 e. The molecule has 0 radical (unpaired) electrons. The number of amides is 3. The molecule has 2 N–H and O–H groups in total. The first-order valence-electron chi connectivity index (χ1n) is 8.98. The van der Waals surface area contributed by atoms with E-state index < -0.39 is 17.7 Å².